The Kier molecular flexibility index (Phi) is 4.29. The third-order valence-electron chi connectivity index (χ3n) is 3.61. The highest BCUT2D eigenvalue weighted by atomic mass is 16.3. The lowest BCUT2D eigenvalue weighted by molar-refractivity contribution is -0.111. The summed E-state index contributed by atoms with van der Waals surface area (Å²) < 4.78 is 5.42. The third-order valence-corrected chi connectivity index (χ3v) is 3.61. The van der Waals surface area contributed by atoms with Gasteiger partial charge in [0.2, 0.25) is 5.91 Å². The van der Waals surface area contributed by atoms with Crippen LogP contribution >= 0.6 is 0 Å². The van der Waals surface area contributed by atoms with Gasteiger partial charge in [0.1, 0.15) is 11.8 Å². The van der Waals surface area contributed by atoms with E-state index in [0.717, 1.165) is 16.8 Å². The van der Waals surface area contributed by atoms with Crippen molar-refractivity contribution in [3.63, 3.8) is 0 Å². The van der Waals surface area contributed by atoms with Crippen LogP contribution in [0.15, 0.2) is 64.0 Å². The van der Waals surface area contributed by atoms with Crippen LogP contribution in [0.5, 0.6) is 0 Å². The number of rotatable bonds is 3. The first-order valence-corrected chi connectivity index (χ1v) is 7.61. The molecule has 0 fully saturated rings. The number of para-hydroxylation sites is 1. The zero-order chi connectivity index (χ0) is 17.1. The number of benzene rings is 2. The maximum absolute atomic E-state index is 12.3. The maximum Gasteiger partial charge on any atom is 0.248 e. The Morgan fingerprint density at radius 3 is 2.54 bits per heavy atom. The molecule has 1 N–H and O–H groups in total. The zero-order valence-corrected chi connectivity index (χ0v) is 13.5. The lowest BCUT2D eigenvalue weighted by atomic mass is 10.1. The quantitative estimate of drug-likeness (QED) is 0.741. The third kappa shape index (κ3) is 3.43. The van der Waals surface area contributed by atoms with Crippen LogP contribution in [-0.4, -0.2) is 5.91 Å². The van der Waals surface area contributed by atoms with E-state index in [1.54, 1.807) is 24.3 Å². The predicted molar refractivity (Wildman–Crippen MR) is 96.1 cm³/mol. The highest BCUT2D eigenvalue weighted by Crippen LogP contribution is 2.14. The van der Waals surface area contributed by atoms with E-state index in [1.165, 1.54) is 18.4 Å². The average molecular weight is 319 g/mol. The van der Waals surface area contributed by atoms with Crippen LogP contribution in [0.3, 0.4) is 0 Å². The van der Waals surface area contributed by atoms with E-state index in [2.05, 4.69) is 5.32 Å². The van der Waals surface area contributed by atoms with Crippen molar-refractivity contribution in [3.8, 4) is 0 Å². The van der Waals surface area contributed by atoms with Crippen LogP contribution in [0.1, 0.15) is 16.7 Å². The average Bonchev–Trinajstić information content (AvgIpc) is 2.53. The molecule has 3 aromatic rings. The second-order valence-corrected chi connectivity index (χ2v) is 5.72. The summed E-state index contributed by atoms with van der Waals surface area (Å²) >= 11 is 0. The minimum absolute atomic E-state index is 0.160. The van der Waals surface area contributed by atoms with Crippen molar-refractivity contribution in [1.82, 2.24) is 0 Å². The Labute approximate surface area is 139 Å². The van der Waals surface area contributed by atoms with E-state index < -0.39 is 0 Å². The van der Waals surface area contributed by atoms with Gasteiger partial charge in [0.25, 0.3) is 0 Å². The molecule has 0 aliphatic carbocycles. The van der Waals surface area contributed by atoms with Crippen molar-refractivity contribution < 1.29 is 9.21 Å². The van der Waals surface area contributed by atoms with Crippen LogP contribution in [0, 0.1) is 13.8 Å². The van der Waals surface area contributed by atoms with Gasteiger partial charge in [-0.15, -0.1) is 0 Å². The van der Waals surface area contributed by atoms with E-state index in [9.17, 15) is 9.59 Å². The summed E-state index contributed by atoms with van der Waals surface area (Å²) in [6.45, 7) is 3.94. The Morgan fingerprint density at radius 2 is 1.79 bits per heavy atom. The Morgan fingerprint density at radius 1 is 1.08 bits per heavy atom. The first-order chi connectivity index (χ1) is 11.5. The number of carbonyl (C=O) groups is 1. The minimum atomic E-state index is -0.299. The molecule has 0 radical (unpaired) electrons. The normalized spacial score (nSPS) is 11.1. The van der Waals surface area contributed by atoms with E-state index in [0.29, 0.717) is 16.5 Å². The molecule has 0 aliphatic heterocycles. The van der Waals surface area contributed by atoms with Crippen molar-refractivity contribution in [3.05, 3.63) is 81.7 Å². The Bertz CT molecular complexity index is 979. The number of hydrogen-bond donors (Lipinski definition) is 1. The number of fused-ring (bicyclic) bond motifs is 1. The number of amides is 1. The second kappa shape index (κ2) is 6.54. The van der Waals surface area contributed by atoms with Gasteiger partial charge in [-0.05, 0) is 55.3 Å². The van der Waals surface area contributed by atoms with Crippen molar-refractivity contribution >= 4 is 28.6 Å². The largest absolute Gasteiger partial charge is 0.463 e. The molecule has 0 unspecified atom stereocenters. The molecular formula is C20H17NO3. The zero-order valence-electron chi connectivity index (χ0n) is 13.5. The van der Waals surface area contributed by atoms with Gasteiger partial charge < -0.3 is 9.73 Å². The minimum Gasteiger partial charge on any atom is -0.463 e. The molecule has 0 spiro atoms. The van der Waals surface area contributed by atoms with E-state index in [1.807, 2.05) is 32.0 Å². The monoisotopic (exact) mass is 319 g/mol. The fourth-order valence-corrected chi connectivity index (χ4v) is 2.60. The Hall–Kier alpha value is -3.14. The molecule has 0 saturated heterocycles. The Balaban J connectivity index is 1.81. The van der Waals surface area contributed by atoms with Gasteiger partial charge in [-0.25, -0.2) is 0 Å². The summed E-state index contributed by atoms with van der Waals surface area (Å²) in [5.74, 6) is -0.299. The second-order valence-electron chi connectivity index (χ2n) is 5.72. The van der Waals surface area contributed by atoms with Crippen molar-refractivity contribution in [1.29, 1.82) is 0 Å². The van der Waals surface area contributed by atoms with Gasteiger partial charge in [0.15, 0.2) is 5.43 Å². The molecule has 1 heterocycles. The SMILES string of the molecule is Cc1cc(C)cc(NC(=O)/C=C/c2coc3ccccc3c2=O)c1. The summed E-state index contributed by atoms with van der Waals surface area (Å²) in [5.41, 5.74) is 3.58. The van der Waals surface area contributed by atoms with E-state index >= 15 is 0 Å². The molecule has 1 aromatic heterocycles. The molecule has 0 bridgehead atoms. The molecule has 4 nitrogen and oxygen atoms in total. The maximum atomic E-state index is 12.3. The number of carbonyl (C=O) groups excluding carboxylic acids is 1. The summed E-state index contributed by atoms with van der Waals surface area (Å²) in [5, 5.41) is 3.29. The van der Waals surface area contributed by atoms with Gasteiger partial charge in [-0.3, -0.25) is 9.59 Å². The van der Waals surface area contributed by atoms with E-state index in [4.69, 9.17) is 4.42 Å². The number of nitrogens with one attached hydrogen (secondary N) is 1. The van der Waals surface area contributed by atoms with Crippen molar-refractivity contribution in [2.24, 2.45) is 0 Å². The molecule has 0 atom stereocenters. The summed E-state index contributed by atoms with van der Waals surface area (Å²) in [7, 11) is 0. The van der Waals surface area contributed by atoms with Gasteiger partial charge >= 0.3 is 0 Å². The highest BCUT2D eigenvalue weighted by Gasteiger charge is 2.05. The standard InChI is InChI=1S/C20H17NO3/c1-13-9-14(2)11-16(10-13)21-19(22)8-7-15-12-24-18-6-4-3-5-17(18)20(15)23/h3-12H,1-2H3,(H,21,22)/b8-7+. The van der Waals surface area contributed by atoms with Gasteiger partial charge in [0.05, 0.1) is 10.9 Å². The summed E-state index contributed by atoms with van der Waals surface area (Å²) in [4.78, 5) is 24.4. The van der Waals surface area contributed by atoms with Gasteiger partial charge in [-0.2, -0.15) is 0 Å². The van der Waals surface area contributed by atoms with Crippen LogP contribution in [0.25, 0.3) is 17.0 Å². The van der Waals surface area contributed by atoms with Crippen molar-refractivity contribution in [2.75, 3.05) is 5.32 Å². The lowest BCUT2D eigenvalue weighted by Gasteiger charge is -2.05. The molecule has 1 amide bonds. The first-order valence-electron chi connectivity index (χ1n) is 7.61. The molecular weight excluding hydrogens is 302 g/mol. The van der Waals surface area contributed by atoms with Crippen LogP contribution in [0.2, 0.25) is 0 Å². The lowest BCUT2D eigenvalue weighted by Crippen LogP contribution is -2.09. The summed E-state index contributed by atoms with van der Waals surface area (Å²) in [6.07, 6.45) is 4.17. The summed E-state index contributed by atoms with van der Waals surface area (Å²) in [6, 6.07) is 12.8. The van der Waals surface area contributed by atoms with Crippen LogP contribution in [0.4, 0.5) is 5.69 Å². The molecule has 3 rings (SSSR count). The molecule has 120 valence electrons. The van der Waals surface area contributed by atoms with Crippen molar-refractivity contribution in [2.45, 2.75) is 13.8 Å². The fourth-order valence-electron chi connectivity index (χ4n) is 2.60. The highest BCUT2D eigenvalue weighted by molar-refractivity contribution is 6.02. The smallest absolute Gasteiger partial charge is 0.248 e. The topological polar surface area (TPSA) is 59.3 Å². The fraction of sp³-hybridized carbons (Fsp3) is 0.100. The first kappa shape index (κ1) is 15.7. The van der Waals surface area contributed by atoms with E-state index in [-0.39, 0.29) is 11.3 Å². The van der Waals surface area contributed by atoms with Gasteiger partial charge in [0, 0.05) is 11.8 Å². The molecule has 24 heavy (non-hydrogen) atoms. The van der Waals surface area contributed by atoms with Gasteiger partial charge in [-0.1, -0.05) is 18.2 Å². The molecule has 2 aromatic carbocycles. The number of hydrogen-bond acceptors (Lipinski definition) is 3. The predicted octanol–water partition coefficient (Wildman–Crippen LogP) is 4.06. The molecule has 0 aliphatic rings. The van der Waals surface area contributed by atoms with Crippen LogP contribution < -0.4 is 10.7 Å². The van der Waals surface area contributed by atoms with Crippen LogP contribution in [-0.2, 0) is 4.79 Å². The molecule has 4 heteroatoms. The number of anilines is 1. The molecule has 0 saturated carbocycles. The number of aryl methyl sites for hydroxylation is 2.